The molecule has 7 nitrogen and oxygen atoms in total. The van der Waals surface area contributed by atoms with E-state index in [0.717, 1.165) is 79.5 Å². The molecular formula is C30H34N4O3S. The molecule has 2 aliphatic rings. The molecule has 0 unspecified atom stereocenters. The largest absolute Gasteiger partial charge is 0.473 e. The molecule has 0 aliphatic carbocycles. The van der Waals surface area contributed by atoms with Gasteiger partial charge in [-0.2, -0.15) is 0 Å². The van der Waals surface area contributed by atoms with Crippen molar-refractivity contribution in [1.82, 2.24) is 19.4 Å². The standard InChI is InChI=1S/C30H34N4O3S/c1-20-6-7-26-27(14-20)34(16-24-10-13-36-24)29(31-26)17-33-11-8-23(9-12-33)25-4-3-5-30(32-25)37-18-22-15-28(21(2)35)38-19-22/h3-7,14-15,19,23-24H,8-13,16-18H2,1-2H3/t24-/m0/s1. The molecule has 4 aromatic rings. The van der Waals surface area contributed by atoms with Crippen LogP contribution in [0.3, 0.4) is 0 Å². The second-order valence-corrected chi connectivity index (χ2v) is 11.4. The molecule has 0 bridgehead atoms. The summed E-state index contributed by atoms with van der Waals surface area (Å²) < 4.78 is 14.1. The Hall–Kier alpha value is -3.07. The van der Waals surface area contributed by atoms with Gasteiger partial charge in [-0.15, -0.1) is 11.3 Å². The molecule has 2 aliphatic heterocycles. The van der Waals surface area contributed by atoms with Gasteiger partial charge in [-0.05, 0) is 81.4 Å². The first-order chi connectivity index (χ1) is 18.5. The molecule has 2 fully saturated rings. The second-order valence-electron chi connectivity index (χ2n) is 10.5. The van der Waals surface area contributed by atoms with Gasteiger partial charge in [0.25, 0.3) is 0 Å². The van der Waals surface area contributed by atoms with Gasteiger partial charge in [0.15, 0.2) is 5.78 Å². The first-order valence-electron chi connectivity index (χ1n) is 13.5. The summed E-state index contributed by atoms with van der Waals surface area (Å²) >= 11 is 1.46. The molecule has 8 heteroatoms. The Labute approximate surface area is 227 Å². The number of carbonyl (C=O) groups is 1. The molecule has 1 atom stereocenters. The third kappa shape index (κ3) is 5.53. The monoisotopic (exact) mass is 530 g/mol. The van der Waals surface area contributed by atoms with Gasteiger partial charge >= 0.3 is 0 Å². The van der Waals surface area contributed by atoms with E-state index in [0.29, 0.717) is 24.5 Å². The van der Waals surface area contributed by atoms with Crippen molar-refractivity contribution in [3.63, 3.8) is 0 Å². The molecule has 0 radical (unpaired) electrons. The third-order valence-electron chi connectivity index (χ3n) is 7.67. The predicted molar refractivity (Wildman–Crippen MR) is 149 cm³/mol. The van der Waals surface area contributed by atoms with Gasteiger partial charge in [0, 0.05) is 29.8 Å². The Morgan fingerprint density at radius 3 is 2.71 bits per heavy atom. The Morgan fingerprint density at radius 1 is 1.13 bits per heavy atom. The minimum absolute atomic E-state index is 0.0902. The van der Waals surface area contributed by atoms with Crippen molar-refractivity contribution in [3.05, 3.63) is 75.4 Å². The van der Waals surface area contributed by atoms with Gasteiger partial charge in [-0.25, -0.2) is 9.97 Å². The van der Waals surface area contributed by atoms with E-state index in [1.807, 2.05) is 23.6 Å². The van der Waals surface area contributed by atoms with Crippen LogP contribution in [0.5, 0.6) is 5.88 Å². The number of rotatable bonds is 9. The maximum Gasteiger partial charge on any atom is 0.213 e. The van der Waals surface area contributed by atoms with E-state index in [4.69, 9.17) is 19.4 Å². The maximum atomic E-state index is 11.5. The number of benzene rings is 1. The minimum Gasteiger partial charge on any atom is -0.473 e. The van der Waals surface area contributed by atoms with E-state index < -0.39 is 0 Å². The summed E-state index contributed by atoms with van der Waals surface area (Å²) in [5, 5.41) is 1.98. The van der Waals surface area contributed by atoms with Crippen molar-refractivity contribution in [1.29, 1.82) is 0 Å². The molecule has 5 heterocycles. The number of aryl methyl sites for hydroxylation is 1. The van der Waals surface area contributed by atoms with Gasteiger partial charge in [-0.3, -0.25) is 9.69 Å². The van der Waals surface area contributed by atoms with Gasteiger partial charge in [0.2, 0.25) is 5.88 Å². The van der Waals surface area contributed by atoms with Crippen LogP contribution in [0.25, 0.3) is 11.0 Å². The fraction of sp³-hybridized carbons (Fsp3) is 0.433. The Kier molecular flexibility index (Phi) is 7.28. The van der Waals surface area contributed by atoms with Crippen molar-refractivity contribution in [2.24, 2.45) is 0 Å². The number of hydrogen-bond acceptors (Lipinski definition) is 7. The zero-order valence-corrected chi connectivity index (χ0v) is 22.9. The number of ether oxygens (including phenoxy) is 2. The highest BCUT2D eigenvalue weighted by atomic mass is 32.1. The number of fused-ring (bicyclic) bond motifs is 1. The van der Waals surface area contributed by atoms with Gasteiger partial charge in [0.1, 0.15) is 12.4 Å². The van der Waals surface area contributed by atoms with E-state index in [9.17, 15) is 4.79 Å². The van der Waals surface area contributed by atoms with Crippen molar-refractivity contribution in [2.75, 3.05) is 19.7 Å². The number of thiophene rings is 1. The van der Waals surface area contributed by atoms with Crippen LogP contribution in [0.4, 0.5) is 0 Å². The number of hydrogen-bond donors (Lipinski definition) is 0. The maximum absolute atomic E-state index is 11.5. The number of imidazole rings is 1. The normalized spacial score (nSPS) is 18.5. The molecule has 0 saturated carbocycles. The average molecular weight is 531 g/mol. The quantitative estimate of drug-likeness (QED) is 0.257. The van der Waals surface area contributed by atoms with Crippen LogP contribution < -0.4 is 4.74 Å². The lowest BCUT2D eigenvalue weighted by atomic mass is 9.93. The number of likely N-dealkylation sites (tertiary alicyclic amines) is 1. The van der Waals surface area contributed by atoms with Crippen molar-refractivity contribution >= 4 is 28.2 Å². The van der Waals surface area contributed by atoms with E-state index >= 15 is 0 Å². The summed E-state index contributed by atoms with van der Waals surface area (Å²) in [4.78, 5) is 24.7. The highest BCUT2D eigenvalue weighted by Gasteiger charge is 2.26. The Bertz CT molecular complexity index is 1430. The molecule has 198 valence electrons. The highest BCUT2D eigenvalue weighted by Crippen LogP contribution is 2.30. The van der Waals surface area contributed by atoms with Crippen LogP contribution in [0.2, 0.25) is 0 Å². The number of ketones is 1. The molecule has 3 aromatic heterocycles. The summed E-state index contributed by atoms with van der Waals surface area (Å²) in [5.74, 6) is 2.29. The van der Waals surface area contributed by atoms with Crippen LogP contribution in [0, 0.1) is 6.92 Å². The van der Waals surface area contributed by atoms with Crippen molar-refractivity contribution in [2.45, 2.75) is 64.8 Å². The van der Waals surface area contributed by atoms with Gasteiger partial charge in [0.05, 0.1) is 35.1 Å². The van der Waals surface area contributed by atoms with Crippen LogP contribution in [0.1, 0.15) is 64.4 Å². The molecule has 1 aromatic carbocycles. The van der Waals surface area contributed by atoms with E-state index in [1.54, 1.807) is 6.92 Å². The fourth-order valence-corrected chi connectivity index (χ4v) is 6.16. The van der Waals surface area contributed by atoms with Gasteiger partial charge < -0.3 is 14.0 Å². The smallest absolute Gasteiger partial charge is 0.213 e. The lowest BCUT2D eigenvalue weighted by Gasteiger charge is -2.32. The van der Waals surface area contributed by atoms with Crippen molar-refractivity contribution in [3.8, 4) is 5.88 Å². The molecule has 38 heavy (non-hydrogen) atoms. The second kappa shape index (κ2) is 11.0. The summed E-state index contributed by atoms with van der Waals surface area (Å²) in [5.41, 5.74) is 5.65. The number of carbonyl (C=O) groups excluding carboxylic acids is 1. The summed E-state index contributed by atoms with van der Waals surface area (Å²) in [6.45, 7) is 8.79. The SMILES string of the molecule is CC(=O)c1cc(COc2cccc(C3CCN(Cc4nc5ccc(C)cc5n4C[C@@H]4CCO4)CC3)n2)cs1. The van der Waals surface area contributed by atoms with E-state index in [1.165, 1.54) is 22.4 Å². The number of nitrogens with zero attached hydrogens (tertiary/aromatic N) is 4. The topological polar surface area (TPSA) is 69.5 Å². The third-order valence-corrected chi connectivity index (χ3v) is 8.75. The first-order valence-corrected chi connectivity index (χ1v) is 14.4. The number of aromatic nitrogens is 3. The molecular weight excluding hydrogens is 496 g/mol. The van der Waals surface area contributed by atoms with Crippen LogP contribution in [-0.2, 0) is 24.4 Å². The minimum atomic E-state index is 0.0902. The zero-order valence-electron chi connectivity index (χ0n) is 22.1. The summed E-state index contributed by atoms with van der Waals surface area (Å²) in [7, 11) is 0. The van der Waals surface area contributed by atoms with Crippen LogP contribution >= 0.6 is 11.3 Å². The lowest BCUT2D eigenvalue weighted by molar-refractivity contribution is -0.0592. The summed E-state index contributed by atoms with van der Waals surface area (Å²) in [6, 6.07) is 14.5. The highest BCUT2D eigenvalue weighted by molar-refractivity contribution is 7.12. The van der Waals surface area contributed by atoms with Crippen LogP contribution in [0.15, 0.2) is 47.8 Å². The predicted octanol–water partition coefficient (Wildman–Crippen LogP) is 5.75. The summed E-state index contributed by atoms with van der Waals surface area (Å²) in [6.07, 6.45) is 3.55. The molecule has 0 N–H and O–H groups in total. The number of pyridine rings is 1. The zero-order chi connectivity index (χ0) is 26.1. The van der Waals surface area contributed by atoms with Crippen LogP contribution in [-0.4, -0.2) is 51.0 Å². The molecule has 0 amide bonds. The molecule has 2 saturated heterocycles. The Balaban J connectivity index is 1.08. The van der Waals surface area contributed by atoms with Gasteiger partial charge in [-0.1, -0.05) is 12.1 Å². The first kappa shape index (κ1) is 25.2. The number of Topliss-reactive ketones (excluding diaryl/α,β-unsaturated/α-hetero) is 1. The fourth-order valence-electron chi connectivity index (χ4n) is 5.36. The Morgan fingerprint density at radius 2 is 1.97 bits per heavy atom. The van der Waals surface area contributed by atoms with E-state index in [2.05, 4.69) is 40.7 Å². The average Bonchev–Trinajstić information content (AvgIpc) is 3.50. The van der Waals surface area contributed by atoms with E-state index in [-0.39, 0.29) is 5.78 Å². The number of piperidine rings is 1. The van der Waals surface area contributed by atoms with Crippen molar-refractivity contribution < 1.29 is 14.3 Å². The lowest BCUT2D eigenvalue weighted by Crippen LogP contribution is -2.35. The molecule has 0 spiro atoms. The molecule has 6 rings (SSSR count).